The van der Waals surface area contributed by atoms with Crippen LogP contribution in [0.5, 0.6) is 0 Å². The number of nitrogens with zero attached hydrogens (tertiary/aromatic N) is 1. The molecule has 2 amide bonds. The zero-order valence-corrected chi connectivity index (χ0v) is 19.2. The minimum Gasteiger partial charge on any atom is -0.392 e. The highest BCUT2D eigenvalue weighted by Gasteiger charge is 2.25. The first kappa shape index (κ1) is 26.9. The molecule has 0 aromatic rings. The summed E-state index contributed by atoms with van der Waals surface area (Å²) in [6, 6.07) is -0.441. The van der Waals surface area contributed by atoms with Gasteiger partial charge in [-0.2, -0.15) is 0 Å². The molecule has 1 aliphatic heterocycles. The lowest BCUT2D eigenvalue weighted by Gasteiger charge is -2.27. The number of carbonyl (C=O) groups is 2. The van der Waals surface area contributed by atoms with E-state index in [0.717, 1.165) is 32.2 Å². The number of unbranched alkanes of at least 4 members (excludes halogenated alkanes) is 8. The largest absolute Gasteiger partial charge is 0.392 e. The van der Waals surface area contributed by atoms with Gasteiger partial charge in [0.15, 0.2) is 0 Å². The molecule has 3 unspecified atom stereocenters. The van der Waals surface area contributed by atoms with Crippen LogP contribution >= 0.6 is 0 Å². The minimum absolute atomic E-state index is 0.0637. The van der Waals surface area contributed by atoms with Crippen LogP contribution in [-0.4, -0.2) is 71.4 Å². The lowest BCUT2D eigenvalue weighted by atomic mass is 10.0. The number of hydrogen-bond donors (Lipinski definition) is 4. The minimum atomic E-state index is -0.441. The summed E-state index contributed by atoms with van der Waals surface area (Å²) in [5.41, 5.74) is 0. The van der Waals surface area contributed by atoms with Crippen LogP contribution in [0.3, 0.4) is 0 Å². The van der Waals surface area contributed by atoms with E-state index in [1.807, 2.05) is 0 Å². The molecule has 4 N–H and O–H groups in total. The third-order valence-electron chi connectivity index (χ3n) is 5.67. The number of hydrogen-bond acceptors (Lipinski definition) is 5. The topological polar surface area (TPSA) is 102 Å². The molecule has 0 aromatic carbocycles. The Bertz CT molecular complexity index is 473. The first-order chi connectivity index (χ1) is 14.4. The molecule has 0 radical (unpaired) electrons. The Morgan fingerprint density at radius 1 is 0.967 bits per heavy atom. The van der Waals surface area contributed by atoms with E-state index in [2.05, 4.69) is 22.5 Å². The van der Waals surface area contributed by atoms with Gasteiger partial charge in [0.05, 0.1) is 18.8 Å². The molecule has 3 atom stereocenters. The predicted molar refractivity (Wildman–Crippen MR) is 120 cm³/mol. The van der Waals surface area contributed by atoms with E-state index in [1.54, 1.807) is 6.92 Å². The maximum atomic E-state index is 11.8. The quantitative estimate of drug-likeness (QED) is 0.252. The smallest absolute Gasteiger partial charge is 0.243 e. The number of aliphatic hydroxyl groups excluding tert-OH is 2. The van der Waals surface area contributed by atoms with Crippen molar-refractivity contribution in [2.75, 3.05) is 26.2 Å². The second kappa shape index (κ2) is 16.5. The predicted octanol–water partition coefficient (Wildman–Crippen LogP) is 2.35. The molecule has 0 saturated carbocycles. The van der Waals surface area contributed by atoms with Gasteiger partial charge in [0.2, 0.25) is 11.8 Å². The molecule has 0 bridgehead atoms. The van der Waals surface area contributed by atoms with E-state index in [0.29, 0.717) is 19.5 Å². The van der Waals surface area contributed by atoms with Crippen LogP contribution in [0.1, 0.15) is 90.9 Å². The van der Waals surface area contributed by atoms with Gasteiger partial charge in [0, 0.05) is 13.1 Å². The summed E-state index contributed by atoms with van der Waals surface area (Å²) in [4.78, 5) is 25.3. The van der Waals surface area contributed by atoms with Gasteiger partial charge in [-0.3, -0.25) is 14.5 Å². The summed E-state index contributed by atoms with van der Waals surface area (Å²) >= 11 is 0. The first-order valence-electron chi connectivity index (χ1n) is 12.1. The van der Waals surface area contributed by atoms with Gasteiger partial charge in [-0.15, -0.1) is 0 Å². The number of nitrogens with one attached hydrogen (secondary N) is 2. The fraction of sp³-hybridized carbons (Fsp3) is 0.913. The van der Waals surface area contributed by atoms with Crippen LogP contribution < -0.4 is 10.6 Å². The van der Waals surface area contributed by atoms with Gasteiger partial charge in [0.1, 0.15) is 6.04 Å². The zero-order valence-electron chi connectivity index (χ0n) is 19.2. The fourth-order valence-electron chi connectivity index (χ4n) is 4.02. The maximum absolute atomic E-state index is 11.8. The summed E-state index contributed by atoms with van der Waals surface area (Å²) < 4.78 is 0. The SMILES string of the molecule is CCCCCCCCCCC(O)CN(CCCCC1NC(=O)CNC1=O)CC(C)O. The van der Waals surface area contributed by atoms with Crippen molar-refractivity contribution in [1.82, 2.24) is 15.5 Å². The van der Waals surface area contributed by atoms with Crippen molar-refractivity contribution >= 4 is 11.8 Å². The average Bonchev–Trinajstić information content (AvgIpc) is 2.69. The first-order valence-corrected chi connectivity index (χ1v) is 12.1. The molecule has 1 saturated heterocycles. The number of aliphatic hydroxyl groups is 2. The molecular formula is C23H45N3O4. The summed E-state index contributed by atoms with van der Waals surface area (Å²) in [7, 11) is 0. The van der Waals surface area contributed by atoms with E-state index >= 15 is 0 Å². The van der Waals surface area contributed by atoms with Gasteiger partial charge >= 0.3 is 0 Å². The van der Waals surface area contributed by atoms with Crippen LogP contribution in [0.15, 0.2) is 0 Å². The maximum Gasteiger partial charge on any atom is 0.243 e. The number of rotatable bonds is 18. The Balaban J connectivity index is 2.18. The highest BCUT2D eigenvalue weighted by atomic mass is 16.3. The molecule has 1 aliphatic rings. The van der Waals surface area contributed by atoms with Gasteiger partial charge < -0.3 is 20.8 Å². The van der Waals surface area contributed by atoms with Crippen LogP contribution in [0, 0.1) is 0 Å². The Morgan fingerprint density at radius 3 is 2.30 bits per heavy atom. The van der Waals surface area contributed by atoms with Gasteiger partial charge in [0.25, 0.3) is 0 Å². The molecule has 0 aliphatic carbocycles. The summed E-state index contributed by atoms with van der Waals surface area (Å²) in [6.07, 6.45) is 12.3. The molecule has 1 fully saturated rings. The highest BCUT2D eigenvalue weighted by Crippen LogP contribution is 2.12. The van der Waals surface area contributed by atoms with Crippen molar-refractivity contribution in [1.29, 1.82) is 0 Å². The van der Waals surface area contributed by atoms with Crippen molar-refractivity contribution in [3.8, 4) is 0 Å². The highest BCUT2D eigenvalue weighted by molar-refractivity contribution is 5.94. The lowest BCUT2D eigenvalue weighted by Crippen LogP contribution is -2.56. The second-order valence-electron chi connectivity index (χ2n) is 8.86. The van der Waals surface area contributed by atoms with Crippen molar-refractivity contribution in [2.45, 2.75) is 109 Å². The van der Waals surface area contributed by atoms with Crippen LogP contribution in [-0.2, 0) is 9.59 Å². The lowest BCUT2D eigenvalue weighted by molar-refractivity contribution is -0.133. The van der Waals surface area contributed by atoms with Crippen LogP contribution in [0.25, 0.3) is 0 Å². The normalized spacial score (nSPS) is 18.9. The molecule has 0 aromatic heterocycles. The van der Waals surface area contributed by atoms with Gasteiger partial charge in [-0.05, 0) is 39.2 Å². The molecule has 30 heavy (non-hydrogen) atoms. The molecular weight excluding hydrogens is 382 g/mol. The number of carbonyl (C=O) groups excluding carboxylic acids is 2. The van der Waals surface area contributed by atoms with E-state index in [1.165, 1.54) is 44.9 Å². The second-order valence-corrected chi connectivity index (χ2v) is 8.86. The van der Waals surface area contributed by atoms with Gasteiger partial charge in [-0.25, -0.2) is 0 Å². The molecule has 1 rings (SSSR count). The molecule has 1 heterocycles. The fourth-order valence-corrected chi connectivity index (χ4v) is 4.02. The van der Waals surface area contributed by atoms with Crippen LogP contribution in [0.4, 0.5) is 0 Å². The third-order valence-corrected chi connectivity index (χ3v) is 5.67. The van der Waals surface area contributed by atoms with E-state index in [-0.39, 0.29) is 24.5 Å². The van der Waals surface area contributed by atoms with Gasteiger partial charge in [-0.1, -0.05) is 58.3 Å². The summed E-state index contributed by atoms with van der Waals surface area (Å²) in [5.74, 6) is -0.254. The monoisotopic (exact) mass is 427 g/mol. The average molecular weight is 428 g/mol. The summed E-state index contributed by atoms with van der Waals surface area (Å²) in [6.45, 7) is 5.93. The molecule has 7 nitrogen and oxygen atoms in total. The summed E-state index contributed by atoms with van der Waals surface area (Å²) in [5, 5.41) is 25.5. The van der Waals surface area contributed by atoms with Crippen molar-refractivity contribution in [2.24, 2.45) is 0 Å². The third kappa shape index (κ3) is 13.2. The van der Waals surface area contributed by atoms with Crippen molar-refractivity contribution in [3.05, 3.63) is 0 Å². The van der Waals surface area contributed by atoms with E-state index in [9.17, 15) is 19.8 Å². The Hall–Kier alpha value is -1.18. The van der Waals surface area contributed by atoms with Crippen molar-refractivity contribution in [3.63, 3.8) is 0 Å². The standard InChI is InChI=1S/C23H45N3O4/c1-3-4-5-6-7-8-9-10-13-20(28)18-26(17-19(2)27)15-12-11-14-21-23(30)24-16-22(29)25-21/h19-21,27-28H,3-18H2,1-2H3,(H,24,30)(H,25,29). The Labute approximate surface area is 183 Å². The zero-order chi connectivity index (χ0) is 22.2. The molecule has 176 valence electrons. The molecule has 0 spiro atoms. The Kier molecular flexibility index (Phi) is 14.8. The Morgan fingerprint density at radius 2 is 1.63 bits per heavy atom. The van der Waals surface area contributed by atoms with E-state index in [4.69, 9.17) is 0 Å². The number of piperazine rings is 1. The number of amides is 2. The molecule has 7 heteroatoms. The van der Waals surface area contributed by atoms with Crippen molar-refractivity contribution < 1.29 is 19.8 Å². The van der Waals surface area contributed by atoms with E-state index < -0.39 is 12.1 Å². The van der Waals surface area contributed by atoms with Crippen LogP contribution in [0.2, 0.25) is 0 Å².